The molecule has 5 heteroatoms. The van der Waals surface area contributed by atoms with Crippen molar-refractivity contribution in [2.45, 2.75) is 19.9 Å². The first kappa shape index (κ1) is 8.00. The fourth-order valence-electron chi connectivity index (χ4n) is 0.612. The molecule has 62 valence electrons. The number of aromatic nitrogens is 2. The van der Waals surface area contributed by atoms with E-state index in [4.69, 9.17) is 9.63 Å². The highest BCUT2D eigenvalue weighted by Gasteiger charge is 2.04. The van der Waals surface area contributed by atoms with Crippen LogP contribution in [-0.2, 0) is 0 Å². The standard InChI is InChI=1S/C6H11N3O2/c1-4(3-10)7-6-8-5(2)9-11-6/h4,10H,3H2,1-2H3,(H,7,8,9). The number of nitrogens with one attached hydrogen (secondary N) is 1. The molecule has 5 nitrogen and oxygen atoms in total. The second-order valence-corrected chi connectivity index (χ2v) is 2.37. The number of anilines is 1. The predicted molar refractivity (Wildman–Crippen MR) is 39.2 cm³/mol. The zero-order valence-electron chi connectivity index (χ0n) is 6.53. The van der Waals surface area contributed by atoms with Crippen LogP contribution in [0.3, 0.4) is 0 Å². The average molecular weight is 157 g/mol. The highest BCUT2D eigenvalue weighted by molar-refractivity contribution is 5.19. The quantitative estimate of drug-likeness (QED) is 0.654. The van der Waals surface area contributed by atoms with E-state index in [2.05, 4.69) is 15.5 Å². The van der Waals surface area contributed by atoms with E-state index in [0.29, 0.717) is 11.8 Å². The Morgan fingerprint density at radius 3 is 2.91 bits per heavy atom. The molecule has 0 radical (unpaired) electrons. The smallest absolute Gasteiger partial charge is 0.321 e. The van der Waals surface area contributed by atoms with Crippen LogP contribution in [0.15, 0.2) is 4.52 Å². The molecule has 0 spiro atoms. The summed E-state index contributed by atoms with van der Waals surface area (Å²) < 4.78 is 4.75. The Bertz CT molecular complexity index is 223. The van der Waals surface area contributed by atoms with Gasteiger partial charge in [-0.25, -0.2) is 0 Å². The molecule has 1 heterocycles. The second kappa shape index (κ2) is 3.34. The Hall–Kier alpha value is -1.10. The van der Waals surface area contributed by atoms with Crippen molar-refractivity contribution in [1.29, 1.82) is 0 Å². The van der Waals surface area contributed by atoms with Gasteiger partial charge in [0.1, 0.15) is 0 Å². The monoisotopic (exact) mass is 157 g/mol. The molecule has 0 aliphatic heterocycles. The minimum atomic E-state index is -0.0603. The van der Waals surface area contributed by atoms with Gasteiger partial charge >= 0.3 is 6.01 Å². The molecule has 0 saturated heterocycles. The Balaban J connectivity index is 2.50. The minimum absolute atomic E-state index is 0.0431. The van der Waals surface area contributed by atoms with Crippen LogP contribution in [0.25, 0.3) is 0 Å². The minimum Gasteiger partial charge on any atom is -0.394 e. The summed E-state index contributed by atoms with van der Waals surface area (Å²) in [6, 6.07) is 0.291. The SMILES string of the molecule is Cc1noc(NC(C)CO)n1. The van der Waals surface area contributed by atoms with Gasteiger partial charge in [0.2, 0.25) is 0 Å². The maximum absolute atomic E-state index is 8.65. The topological polar surface area (TPSA) is 71.2 Å². The van der Waals surface area contributed by atoms with Crippen molar-refractivity contribution in [2.24, 2.45) is 0 Å². The van der Waals surface area contributed by atoms with E-state index in [0.717, 1.165) is 0 Å². The van der Waals surface area contributed by atoms with Gasteiger partial charge < -0.3 is 14.9 Å². The lowest BCUT2D eigenvalue weighted by molar-refractivity contribution is 0.278. The largest absolute Gasteiger partial charge is 0.394 e. The van der Waals surface area contributed by atoms with Gasteiger partial charge in [0.25, 0.3) is 0 Å². The number of aliphatic hydroxyl groups excluding tert-OH is 1. The fraction of sp³-hybridized carbons (Fsp3) is 0.667. The van der Waals surface area contributed by atoms with Crippen LogP contribution < -0.4 is 5.32 Å². The summed E-state index contributed by atoms with van der Waals surface area (Å²) in [5, 5.41) is 15.0. The second-order valence-electron chi connectivity index (χ2n) is 2.37. The zero-order valence-corrected chi connectivity index (χ0v) is 6.53. The Morgan fingerprint density at radius 2 is 2.45 bits per heavy atom. The summed E-state index contributed by atoms with van der Waals surface area (Å²) in [7, 11) is 0. The molecule has 0 aromatic carbocycles. The van der Waals surface area contributed by atoms with E-state index in [-0.39, 0.29) is 12.6 Å². The molecule has 1 aromatic heterocycles. The van der Waals surface area contributed by atoms with Crippen LogP contribution in [0.1, 0.15) is 12.7 Å². The van der Waals surface area contributed by atoms with Gasteiger partial charge in [0.05, 0.1) is 12.6 Å². The summed E-state index contributed by atoms with van der Waals surface area (Å²) in [6.07, 6.45) is 0. The maximum Gasteiger partial charge on any atom is 0.321 e. The Kier molecular flexibility index (Phi) is 2.43. The fourth-order valence-corrected chi connectivity index (χ4v) is 0.612. The molecule has 2 N–H and O–H groups in total. The van der Waals surface area contributed by atoms with Crippen molar-refractivity contribution in [3.8, 4) is 0 Å². The number of nitrogens with zero attached hydrogens (tertiary/aromatic N) is 2. The third-order valence-corrected chi connectivity index (χ3v) is 1.17. The molecule has 1 aromatic rings. The number of aryl methyl sites for hydroxylation is 1. The number of aliphatic hydroxyl groups is 1. The molecule has 0 bridgehead atoms. The van der Waals surface area contributed by atoms with Gasteiger partial charge in [-0.2, -0.15) is 4.98 Å². The maximum atomic E-state index is 8.65. The van der Waals surface area contributed by atoms with Gasteiger partial charge in [0, 0.05) is 0 Å². The lowest BCUT2D eigenvalue weighted by atomic mass is 10.4. The Morgan fingerprint density at radius 1 is 1.73 bits per heavy atom. The van der Waals surface area contributed by atoms with Gasteiger partial charge in [-0.05, 0) is 13.8 Å². The lowest BCUT2D eigenvalue weighted by Gasteiger charge is -2.05. The number of hydrogen-bond acceptors (Lipinski definition) is 5. The molecule has 0 amide bonds. The number of hydrogen-bond donors (Lipinski definition) is 2. The van der Waals surface area contributed by atoms with Crippen LogP contribution in [0.5, 0.6) is 0 Å². The van der Waals surface area contributed by atoms with E-state index >= 15 is 0 Å². The molecule has 1 unspecified atom stereocenters. The average Bonchev–Trinajstić information content (AvgIpc) is 2.35. The molecular formula is C6H11N3O2. The van der Waals surface area contributed by atoms with Crippen LogP contribution in [0, 0.1) is 6.92 Å². The summed E-state index contributed by atoms with van der Waals surface area (Å²) in [4.78, 5) is 3.90. The van der Waals surface area contributed by atoms with Crippen LogP contribution in [0.2, 0.25) is 0 Å². The molecule has 1 atom stereocenters. The van der Waals surface area contributed by atoms with Crippen molar-refractivity contribution < 1.29 is 9.63 Å². The van der Waals surface area contributed by atoms with Crippen molar-refractivity contribution >= 4 is 6.01 Å². The highest BCUT2D eigenvalue weighted by atomic mass is 16.5. The van der Waals surface area contributed by atoms with Crippen molar-refractivity contribution in [3.63, 3.8) is 0 Å². The molecule has 0 aliphatic rings. The normalized spacial score (nSPS) is 13.0. The van der Waals surface area contributed by atoms with Gasteiger partial charge in [-0.1, -0.05) is 5.16 Å². The van der Waals surface area contributed by atoms with E-state index in [1.54, 1.807) is 6.92 Å². The van der Waals surface area contributed by atoms with Gasteiger partial charge in [0.15, 0.2) is 5.82 Å². The first-order chi connectivity index (χ1) is 5.22. The van der Waals surface area contributed by atoms with Crippen LogP contribution in [-0.4, -0.2) is 27.9 Å². The summed E-state index contributed by atoms with van der Waals surface area (Å²) in [6.45, 7) is 3.60. The third-order valence-electron chi connectivity index (χ3n) is 1.17. The van der Waals surface area contributed by atoms with Gasteiger partial charge in [-0.15, -0.1) is 0 Å². The summed E-state index contributed by atoms with van der Waals surface area (Å²) >= 11 is 0. The highest BCUT2D eigenvalue weighted by Crippen LogP contribution is 2.03. The van der Waals surface area contributed by atoms with E-state index < -0.39 is 0 Å². The molecule has 0 fully saturated rings. The Labute approximate surface area is 64.4 Å². The van der Waals surface area contributed by atoms with Crippen molar-refractivity contribution in [2.75, 3.05) is 11.9 Å². The van der Waals surface area contributed by atoms with E-state index in [1.165, 1.54) is 0 Å². The zero-order chi connectivity index (χ0) is 8.27. The number of rotatable bonds is 3. The van der Waals surface area contributed by atoms with Gasteiger partial charge in [-0.3, -0.25) is 0 Å². The van der Waals surface area contributed by atoms with E-state index in [1.807, 2.05) is 6.92 Å². The molecule has 0 aliphatic carbocycles. The first-order valence-corrected chi connectivity index (χ1v) is 3.40. The summed E-state index contributed by atoms with van der Waals surface area (Å²) in [5.74, 6) is 0.581. The third kappa shape index (κ3) is 2.19. The first-order valence-electron chi connectivity index (χ1n) is 3.40. The molecule has 1 rings (SSSR count). The predicted octanol–water partition coefficient (Wildman–Crippen LogP) is 0.171. The van der Waals surface area contributed by atoms with E-state index in [9.17, 15) is 0 Å². The molecule has 11 heavy (non-hydrogen) atoms. The lowest BCUT2D eigenvalue weighted by Crippen LogP contribution is -2.19. The van der Waals surface area contributed by atoms with Crippen molar-refractivity contribution in [3.05, 3.63) is 5.82 Å². The summed E-state index contributed by atoms with van der Waals surface area (Å²) in [5.41, 5.74) is 0. The molecular weight excluding hydrogens is 146 g/mol. The van der Waals surface area contributed by atoms with Crippen LogP contribution in [0.4, 0.5) is 6.01 Å². The van der Waals surface area contributed by atoms with Crippen LogP contribution >= 0.6 is 0 Å². The van der Waals surface area contributed by atoms with Crippen molar-refractivity contribution in [1.82, 2.24) is 10.1 Å². The molecule has 0 saturated carbocycles.